The first kappa shape index (κ1) is 16.1. The molecular weight excluding hydrogens is 276 g/mol. The molecule has 3 heteroatoms. The van der Waals surface area contributed by atoms with Crippen LogP contribution in [0.3, 0.4) is 0 Å². The molecule has 1 aliphatic heterocycles. The second-order valence-corrected chi connectivity index (χ2v) is 8.79. The minimum atomic E-state index is 0.448. The molecule has 122 valence electrons. The Hall–Kier alpha value is 0.270. The highest BCUT2D eigenvalue weighted by Gasteiger charge is 2.48. The van der Waals surface area contributed by atoms with Crippen LogP contribution in [0.25, 0.3) is 0 Å². The van der Waals surface area contributed by atoms with Gasteiger partial charge in [-0.15, -0.1) is 0 Å². The van der Waals surface area contributed by atoms with Gasteiger partial charge in [-0.3, -0.25) is 4.90 Å². The summed E-state index contributed by atoms with van der Waals surface area (Å²) in [6.45, 7) is 6.40. The summed E-state index contributed by atoms with van der Waals surface area (Å²) in [6, 6.07) is 0.770. The maximum atomic E-state index is 3.97. The zero-order valence-corrected chi connectivity index (χ0v) is 14.9. The normalized spacial score (nSPS) is 36.0. The lowest BCUT2D eigenvalue weighted by Crippen LogP contribution is -2.66. The van der Waals surface area contributed by atoms with Gasteiger partial charge < -0.3 is 5.32 Å². The van der Waals surface area contributed by atoms with Crippen LogP contribution in [0.4, 0.5) is 0 Å². The van der Waals surface area contributed by atoms with Crippen LogP contribution < -0.4 is 5.32 Å². The minimum Gasteiger partial charge on any atom is -0.311 e. The van der Waals surface area contributed by atoms with Crippen LogP contribution in [0.1, 0.15) is 58.3 Å². The summed E-state index contributed by atoms with van der Waals surface area (Å²) in [5, 5.41) is 3.97. The highest BCUT2D eigenvalue weighted by atomic mass is 32.2. The maximum absolute atomic E-state index is 3.97. The molecule has 21 heavy (non-hydrogen) atoms. The van der Waals surface area contributed by atoms with Crippen LogP contribution in [0.15, 0.2) is 0 Å². The summed E-state index contributed by atoms with van der Waals surface area (Å²) in [5.41, 5.74) is 0.448. The van der Waals surface area contributed by atoms with Gasteiger partial charge in [0.15, 0.2) is 0 Å². The summed E-state index contributed by atoms with van der Waals surface area (Å²) in [6.07, 6.45) is 13.9. The van der Waals surface area contributed by atoms with Gasteiger partial charge in [-0.1, -0.05) is 19.3 Å². The Bertz CT molecular complexity index is 325. The molecular formula is C18H34N2S. The van der Waals surface area contributed by atoms with Gasteiger partial charge in [-0.05, 0) is 69.4 Å². The molecule has 0 amide bonds. The van der Waals surface area contributed by atoms with E-state index in [0.29, 0.717) is 5.54 Å². The number of rotatable bonds is 6. The molecule has 0 radical (unpaired) electrons. The zero-order valence-electron chi connectivity index (χ0n) is 14.1. The molecule has 1 N–H and O–H groups in total. The maximum Gasteiger partial charge on any atom is 0.0334 e. The van der Waals surface area contributed by atoms with Crippen LogP contribution in [-0.4, -0.2) is 48.1 Å². The van der Waals surface area contributed by atoms with Crippen molar-refractivity contribution in [2.24, 2.45) is 11.8 Å². The monoisotopic (exact) mass is 310 g/mol. The molecule has 2 aliphatic carbocycles. The van der Waals surface area contributed by atoms with Crippen molar-refractivity contribution in [3.8, 4) is 0 Å². The summed E-state index contributed by atoms with van der Waals surface area (Å²) in [7, 11) is 0. The quantitative estimate of drug-likeness (QED) is 0.752. The molecule has 2 nitrogen and oxygen atoms in total. The third kappa shape index (κ3) is 3.79. The number of nitrogens with one attached hydrogen (secondary N) is 1. The summed E-state index contributed by atoms with van der Waals surface area (Å²) in [4.78, 5) is 2.89. The molecule has 2 atom stereocenters. The molecule has 2 saturated carbocycles. The third-order valence-corrected chi connectivity index (χ3v) is 7.01. The Morgan fingerprint density at radius 3 is 2.57 bits per heavy atom. The SMILES string of the molecule is CSCCCN1CC(C2CCCCC2)NCC1(C)C1CC1. The van der Waals surface area contributed by atoms with E-state index in [4.69, 9.17) is 0 Å². The van der Waals surface area contributed by atoms with E-state index in [1.165, 1.54) is 76.8 Å². The molecule has 3 fully saturated rings. The summed E-state index contributed by atoms with van der Waals surface area (Å²) >= 11 is 2.00. The van der Waals surface area contributed by atoms with Crippen LogP contribution in [0, 0.1) is 11.8 Å². The molecule has 3 aliphatic rings. The lowest BCUT2D eigenvalue weighted by Gasteiger charge is -2.51. The van der Waals surface area contributed by atoms with E-state index in [-0.39, 0.29) is 0 Å². The molecule has 0 aromatic carbocycles. The van der Waals surface area contributed by atoms with Crippen molar-refractivity contribution in [2.45, 2.75) is 69.9 Å². The molecule has 2 unspecified atom stereocenters. The van der Waals surface area contributed by atoms with Crippen LogP contribution in [-0.2, 0) is 0 Å². The lowest BCUT2D eigenvalue weighted by molar-refractivity contribution is 0.0178. The van der Waals surface area contributed by atoms with E-state index in [0.717, 1.165) is 17.9 Å². The lowest BCUT2D eigenvalue weighted by atomic mass is 9.80. The number of hydrogen-bond donors (Lipinski definition) is 1. The fourth-order valence-electron chi connectivity index (χ4n) is 4.67. The van der Waals surface area contributed by atoms with Crippen LogP contribution in [0.5, 0.6) is 0 Å². The van der Waals surface area contributed by atoms with E-state index in [9.17, 15) is 0 Å². The largest absolute Gasteiger partial charge is 0.311 e. The van der Waals surface area contributed by atoms with Crippen LogP contribution >= 0.6 is 11.8 Å². The Kier molecular flexibility index (Phi) is 5.55. The molecule has 1 saturated heterocycles. The molecule has 1 heterocycles. The number of piperazine rings is 1. The molecule has 0 aromatic rings. The predicted molar refractivity (Wildman–Crippen MR) is 94.1 cm³/mol. The van der Waals surface area contributed by atoms with Crippen molar-refractivity contribution in [3.63, 3.8) is 0 Å². The van der Waals surface area contributed by atoms with Gasteiger partial charge in [0, 0.05) is 24.7 Å². The first-order chi connectivity index (χ1) is 10.2. The number of hydrogen-bond acceptors (Lipinski definition) is 3. The van der Waals surface area contributed by atoms with Crippen molar-refractivity contribution >= 4 is 11.8 Å². The van der Waals surface area contributed by atoms with Crippen molar-refractivity contribution in [3.05, 3.63) is 0 Å². The molecule has 0 bridgehead atoms. The number of nitrogens with zero attached hydrogens (tertiary/aromatic N) is 1. The van der Waals surface area contributed by atoms with Gasteiger partial charge in [0.2, 0.25) is 0 Å². The fourth-order valence-corrected chi connectivity index (χ4v) is 5.08. The van der Waals surface area contributed by atoms with Gasteiger partial charge in [0.1, 0.15) is 0 Å². The van der Waals surface area contributed by atoms with Crippen molar-refractivity contribution in [2.75, 3.05) is 31.6 Å². The van der Waals surface area contributed by atoms with Gasteiger partial charge >= 0.3 is 0 Å². The van der Waals surface area contributed by atoms with E-state index in [1.54, 1.807) is 0 Å². The van der Waals surface area contributed by atoms with Crippen LogP contribution in [0.2, 0.25) is 0 Å². The Labute approximate surface area is 135 Å². The van der Waals surface area contributed by atoms with E-state index in [1.807, 2.05) is 11.8 Å². The third-order valence-electron chi connectivity index (χ3n) is 6.31. The fraction of sp³-hybridized carbons (Fsp3) is 1.00. The smallest absolute Gasteiger partial charge is 0.0334 e. The second kappa shape index (κ2) is 7.23. The van der Waals surface area contributed by atoms with E-state index >= 15 is 0 Å². The second-order valence-electron chi connectivity index (χ2n) is 7.81. The Morgan fingerprint density at radius 1 is 1.14 bits per heavy atom. The topological polar surface area (TPSA) is 15.3 Å². The number of thioether (sulfide) groups is 1. The van der Waals surface area contributed by atoms with Gasteiger partial charge in [0.05, 0.1) is 0 Å². The predicted octanol–water partition coefficient (Wildman–Crippen LogP) is 3.76. The van der Waals surface area contributed by atoms with Gasteiger partial charge in [-0.2, -0.15) is 11.8 Å². The van der Waals surface area contributed by atoms with E-state index in [2.05, 4.69) is 23.4 Å². The van der Waals surface area contributed by atoms with Crippen molar-refractivity contribution < 1.29 is 0 Å². The molecule has 3 rings (SSSR count). The molecule has 0 aromatic heterocycles. The standard InChI is InChI=1S/C18H34N2S/c1-18(16-9-10-16)14-19-17(15-7-4-3-5-8-15)13-20(18)11-6-12-21-2/h15-17,19H,3-14H2,1-2H3. The Balaban J connectivity index is 1.61. The van der Waals surface area contributed by atoms with Gasteiger partial charge in [-0.25, -0.2) is 0 Å². The highest BCUT2D eigenvalue weighted by molar-refractivity contribution is 7.98. The highest BCUT2D eigenvalue weighted by Crippen LogP contribution is 2.44. The van der Waals surface area contributed by atoms with Crippen molar-refractivity contribution in [1.82, 2.24) is 10.2 Å². The van der Waals surface area contributed by atoms with E-state index < -0.39 is 0 Å². The first-order valence-corrected chi connectivity index (χ1v) is 10.6. The molecule has 0 spiro atoms. The average molecular weight is 311 g/mol. The first-order valence-electron chi connectivity index (χ1n) is 9.21. The minimum absolute atomic E-state index is 0.448. The Morgan fingerprint density at radius 2 is 1.90 bits per heavy atom. The average Bonchev–Trinajstić information content (AvgIpc) is 3.35. The van der Waals surface area contributed by atoms with Crippen molar-refractivity contribution in [1.29, 1.82) is 0 Å². The zero-order chi connectivity index (χ0) is 14.7. The summed E-state index contributed by atoms with van der Waals surface area (Å²) in [5.74, 6) is 3.23. The van der Waals surface area contributed by atoms with Gasteiger partial charge in [0.25, 0.3) is 0 Å². The summed E-state index contributed by atoms with van der Waals surface area (Å²) < 4.78 is 0.